The summed E-state index contributed by atoms with van der Waals surface area (Å²) in [6.45, 7) is 0. The zero-order chi connectivity index (χ0) is 14.7. The third-order valence-electron chi connectivity index (χ3n) is 2.68. The molecule has 2 aromatic carbocycles. The van der Waals surface area contributed by atoms with Gasteiger partial charge in [-0.3, -0.25) is 4.79 Å². The number of hydrogen-bond acceptors (Lipinski definition) is 4. The number of phenols is 1. The third-order valence-corrected chi connectivity index (χ3v) is 2.68. The topological polar surface area (TPSA) is 113 Å². The first-order valence-corrected chi connectivity index (χ1v) is 5.70. The van der Waals surface area contributed by atoms with Crippen LogP contribution in [0.1, 0.15) is 20.7 Å². The van der Waals surface area contributed by atoms with Gasteiger partial charge in [-0.1, -0.05) is 0 Å². The van der Waals surface area contributed by atoms with Gasteiger partial charge in [0.05, 0.1) is 16.9 Å². The molecule has 6 nitrogen and oxygen atoms in total. The number of nitrogens with two attached hydrogens (primary N) is 1. The second kappa shape index (κ2) is 5.31. The molecule has 20 heavy (non-hydrogen) atoms. The summed E-state index contributed by atoms with van der Waals surface area (Å²) < 4.78 is 0. The average Bonchev–Trinajstić information content (AvgIpc) is 2.41. The Kier molecular flexibility index (Phi) is 3.56. The summed E-state index contributed by atoms with van der Waals surface area (Å²) in [7, 11) is 0. The summed E-state index contributed by atoms with van der Waals surface area (Å²) in [4.78, 5) is 22.7. The van der Waals surface area contributed by atoms with E-state index in [1.165, 1.54) is 42.5 Å². The molecule has 0 saturated heterocycles. The lowest BCUT2D eigenvalue weighted by molar-refractivity contribution is 0.0697. The van der Waals surface area contributed by atoms with E-state index in [0.717, 1.165) is 0 Å². The van der Waals surface area contributed by atoms with Crippen molar-refractivity contribution < 1.29 is 19.8 Å². The second-order valence-electron chi connectivity index (χ2n) is 4.11. The van der Waals surface area contributed by atoms with E-state index in [1.807, 2.05) is 0 Å². The van der Waals surface area contributed by atoms with Gasteiger partial charge in [0, 0.05) is 5.56 Å². The zero-order valence-corrected chi connectivity index (χ0v) is 10.3. The first-order chi connectivity index (χ1) is 9.47. The predicted molar refractivity (Wildman–Crippen MR) is 73.9 cm³/mol. The summed E-state index contributed by atoms with van der Waals surface area (Å²) in [5.41, 5.74) is 6.58. The SMILES string of the molecule is Nc1cc(C(=O)O)ccc1NC(=O)c1ccc(O)cc1. The molecule has 0 aromatic heterocycles. The lowest BCUT2D eigenvalue weighted by atomic mass is 10.1. The van der Waals surface area contributed by atoms with Crippen LogP contribution in [0.15, 0.2) is 42.5 Å². The van der Waals surface area contributed by atoms with Crippen LogP contribution in [0, 0.1) is 0 Å². The number of carbonyl (C=O) groups is 2. The molecule has 0 unspecified atom stereocenters. The van der Waals surface area contributed by atoms with Crippen molar-refractivity contribution >= 4 is 23.3 Å². The van der Waals surface area contributed by atoms with Gasteiger partial charge in [0.25, 0.3) is 5.91 Å². The number of aromatic hydroxyl groups is 1. The van der Waals surface area contributed by atoms with Crippen LogP contribution < -0.4 is 11.1 Å². The van der Waals surface area contributed by atoms with Crippen molar-refractivity contribution in [3.63, 3.8) is 0 Å². The van der Waals surface area contributed by atoms with Gasteiger partial charge in [-0.15, -0.1) is 0 Å². The van der Waals surface area contributed by atoms with Crippen LogP contribution in [-0.2, 0) is 0 Å². The van der Waals surface area contributed by atoms with E-state index in [1.54, 1.807) is 0 Å². The number of nitrogen functional groups attached to an aromatic ring is 1. The van der Waals surface area contributed by atoms with Crippen LogP contribution in [0.4, 0.5) is 11.4 Å². The molecule has 0 heterocycles. The number of phenolic OH excluding ortho intramolecular Hbond substituents is 1. The van der Waals surface area contributed by atoms with E-state index < -0.39 is 11.9 Å². The van der Waals surface area contributed by atoms with Gasteiger partial charge < -0.3 is 21.3 Å². The van der Waals surface area contributed by atoms with Crippen molar-refractivity contribution in [2.45, 2.75) is 0 Å². The van der Waals surface area contributed by atoms with Crippen molar-refractivity contribution in [1.82, 2.24) is 0 Å². The number of nitrogens with one attached hydrogen (secondary N) is 1. The fourth-order valence-corrected chi connectivity index (χ4v) is 1.62. The number of benzene rings is 2. The molecular weight excluding hydrogens is 260 g/mol. The average molecular weight is 272 g/mol. The van der Waals surface area contributed by atoms with Crippen LogP contribution in [0.2, 0.25) is 0 Å². The highest BCUT2D eigenvalue weighted by Gasteiger charge is 2.10. The van der Waals surface area contributed by atoms with Crippen molar-refractivity contribution in [3.8, 4) is 5.75 Å². The summed E-state index contributed by atoms with van der Waals surface area (Å²) in [5, 5.41) is 20.5. The minimum absolute atomic E-state index is 0.0464. The van der Waals surface area contributed by atoms with Gasteiger partial charge in [-0.25, -0.2) is 4.79 Å². The van der Waals surface area contributed by atoms with Gasteiger partial charge in [0.2, 0.25) is 0 Å². The molecule has 0 aliphatic carbocycles. The lowest BCUT2D eigenvalue weighted by Crippen LogP contribution is -2.13. The maximum atomic E-state index is 11.9. The van der Waals surface area contributed by atoms with Gasteiger partial charge in [-0.05, 0) is 42.5 Å². The van der Waals surface area contributed by atoms with E-state index in [4.69, 9.17) is 15.9 Å². The largest absolute Gasteiger partial charge is 0.508 e. The van der Waals surface area contributed by atoms with Crippen LogP contribution in [0.25, 0.3) is 0 Å². The number of amides is 1. The monoisotopic (exact) mass is 272 g/mol. The van der Waals surface area contributed by atoms with Crippen LogP contribution in [-0.4, -0.2) is 22.1 Å². The van der Waals surface area contributed by atoms with Crippen LogP contribution in [0.5, 0.6) is 5.75 Å². The second-order valence-corrected chi connectivity index (χ2v) is 4.11. The maximum Gasteiger partial charge on any atom is 0.335 e. The predicted octanol–water partition coefficient (Wildman–Crippen LogP) is 1.92. The molecular formula is C14H12N2O4. The van der Waals surface area contributed by atoms with E-state index >= 15 is 0 Å². The lowest BCUT2D eigenvalue weighted by Gasteiger charge is -2.09. The zero-order valence-electron chi connectivity index (χ0n) is 10.3. The fourth-order valence-electron chi connectivity index (χ4n) is 1.62. The van der Waals surface area contributed by atoms with Gasteiger partial charge in [0.1, 0.15) is 5.75 Å². The Hall–Kier alpha value is -3.02. The highest BCUT2D eigenvalue weighted by molar-refractivity contribution is 6.06. The van der Waals surface area contributed by atoms with Gasteiger partial charge in [-0.2, -0.15) is 0 Å². The minimum Gasteiger partial charge on any atom is -0.508 e. The molecule has 6 heteroatoms. The van der Waals surface area contributed by atoms with Crippen molar-refractivity contribution in [2.75, 3.05) is 11.1 Å². The van der Waals surface area contributed by atoms with Gasteiger partial charge >= 0.3 is 5.97 Å². The summed E-state index contributed by atoms with van der Waals surface area (Å²) in [5.74, 6) is -1.43. The maximum absolute atomic E-state index is 11.9. The number of carboxylic acid groups (broad SMARTS) is 1. The quantitative estimate of drug-likeness (QED) is 0.638. The molecule has 0 saturated carbocycles. The highest BCUT2D eigenvalue weighted by Crippen LogP contribution is 2.21. The van der Waals surface area contributed by atoms with Crippen molar-refractivity contribution in [1.29, 1.82) is 0 Å². The molecule has 1 amide bonds. The molecule has 102 valence electrons. The number of hydrogen-bond donors (Lipinski definition) is 4. The standard InChI is InChI=1S/C14H12N2O4/c15-11-7-9(14(19)20)3-6-12(11)16-13(18)8-1-4-10(17)5-2-8/h1-7,17H,15H2,(H,16,18)(H,19,20). The molecule has 2 aromatic rings. The first kappa shape index (κ1) is 13.4. The third kappa shape index (κ3) is 2.86. The van der Waals surface area contributed by atoms with Crippen molar-refractivity contribution in [2.24, 2.45) is 0 Å². The Morgan fingerprint density at radius 1 is 1.00 bits per heavy atom. The highest BCUT2D eigenvalue weighted by atomic mass is 16.4. The summed E-state index contributed by atoms with van der Waals surface area (Å²) in [6.07, 6.45) is 0. The Balaban J connectivity index is 2.19. The molecule has 5 N–H and O–H groups in total. The molecule has 2 rings (SSSR count). The molecule has 0 atom stereocenters. The Morgan fingerprint density at radius 2 is 1.60 bits per heavy atom. The molecule has 0 fully saturated rings. The van der Waals surface area contributed by atoms with Crippen molar-refractivity contribution in [3.05, 3.63) is 53.6 Å². The van der Waals surface area contributed by atoms with Crippen LogP contribution in [0.3, 0.4) is 0 Å². The van der Waals surface area contributed by atoms with Gasteiger partial charge in [0.15, 0.2) is 0 Å². The normalized spacial score (nSPS) is 10.0. The molecule has 0 spiro atoms. The summed E-state index contributed by atoms with van der Waals surface area (Å²) >= 11 is 0. The molecule has 0 aliphatic rings. The number of anilines is 2. The van der Waals surface area contributed by atoms with Crippen LogP contribution >= 0.6 is 0 Å². The number of carbonyl (C=O) groups excluding carboxylic acids is 1. The van der Waals surface area contributed by atoms with E-state index in [9.17, 15) is 9.59 Å². The smallest absolute Gasteiger partial charge is 0.335 e. The Labute approximate surface area is 114 Å². The molecule has 0 aliphatic heterocycles. The Morgan fingerprint density at radius 3 is 2.15 bits per heavy atom. The first-order valence-electron chi connectivity index (χ1n) is 5.70. The van der Waals surface area contributed by atoms with E-state index in [-0.39, 0.29) is 17.0 Å². The number of aromatic carboxylic acids is 1. The molecule has 0 bridgehead atoms. The van der Waals surface area contributed by atoms with E-state index in [2.05, 4.69) is 5.32 Å². The minimum atomic E-state index is -1.09. The summed E-state index contributed by atoms with van der Waals surface area (Å²) in [6, 6.07) is 9.77. The fraction of sp³-hybridized carbons (Fsp3) is 0. The number of carboxylic acids is 1. The number of rotatable bonds is 3. The van der Waals surface area contributed by atoms with E-state index in [0.29, 0.717) is 11.3 Å². The Bertz CT molecular complexity index is 665. The molecule has 0 radical (unpaired) electrons.